The second-order valence-electron chi connectivity index (χ2n) is 9.23. The molecular formula is C25H26F3N3O3. The Morgan fingerprint density at radius 3 is 2.41 bits per heavy atom. The molecule has 0 spiro atoms. The van der Waals surface area contributed by atoms with Crippen LogP contribution < -0.4 is 10.6 Å². The molecule has 2 aliphatic rings. The molecule has 0 N–H and O–H groups in total. The molecule has 1 saturated heterocycles. The number of imidazole rings is 1. The van der Waals surface area contributed by atoms with Gasteiger partial charge in [-0.1, -0.05) is 18.9 Å². The summed E-state index contributed by atoms with van der Waals surface area (Å²) < 4.78 is 48.1. The van der Waals surface area contributed by atoms with E-state index in [0.29, 0.717) is 36.4 Å². The number of hydrogen-bond donors (Lipinski definition) is 0. The number of anilines is 1. The first-order chi connectivity index (χ1) is 16.3. The van der Waals surface area contributed by atoms with Crippen LogP contribution in [0.2, 0.25) is 0 Å². The maximum Gasteiger partial charge on any atom is 0.416 e. The molecular weight excluding hydrogens is 447 g/mol. The predicted molar refractivity (Wildman–Crippen MR) is 122 cm³/mol. The van der Waals surface area contributed by atoms with Crippen molar-refractivity contribution in [2.75, 3.05) is 25.1 Å². The minimum atomic E-state index is -4.49. The first-order valence-corrected chi connectivity index (χ1v) is 11.5. The van der Waals surface area contributed by atoms with Gasteiger partial charge in [-0.05, 0) is 55.2 Å². The molecule has 3 aromatic rings. The molecule has 6 nitrogen and oxygen atoms in total. The molecule has 180 valence electrons. The Balaban J connectivity index is 1.56. The van der Waals surface area contributed by atoms with E-state index in [1.165, 1.54) is 22.3 Å². The summed E-state index contributed by atoms with van der Waals surface area (Å²) in [4.78, 5) is 27.3. The van der Waals surface area contributed by atoms with E-state index in [1.54, 1.807) is 6.07 Å². The van der Waals surface area contributed by atoms with Crippen LogP contribution in [-0.2, 0) is 22.3 Å². The number of nitrogens with zero attached hydrogens (tertiary/aromatic N) is 3. The van der Waals surface area contributed by atoms with Gasteiger partial charge in [-0.3, -0.25) is 13.9 Å². The average Bonchev–Trinajstić information content (AvgIpc) is 3.38. The number of carbonyl (C=O) groups is 1. The fraction of sp³-hybridized carbons (Fsp3) is 0.440. The summed E-state index contributed by atoms with van der Waals surface area (Å²) in [5.74, 6) is -0.154. The van der Waals surface area contributed by atoms with Crippen LogP contribution in [0.5, 0.6) is 0 Å². The number of carbonyl (C=O) groups excluding carboxylic acids is 1. The Labute approximate surface area is 194 Å². The normalized spacial score (nSPS) is 17.4. The molecule has 1 aliphatic heterocycles. The number of esters is 1. The Hall–Kier alpha value is -3.23. The van der Waals surface area contributed by atoms with Crippen molar-refractivity contribution in [3.63, 3.8) is 0 Å². The Morgan fingerprint density at radius 2 is 1.74 bits per heavy atom. The topological polar surface area (TPSA) is 56.5 Å². The summed E-state index contributed by atoms with van der Waals surface area (Å²) in [6.07, 6.45) is -0.376. The van der Waals surface area contributed by atoms with Crippen LogP contribution in [0.1, 0.15) is 31.2 Å². The molecule has 2 aromatic carbocycles. The monoisotopic (exact) mass is 473 g/mol. The highest BCUT2D eigenvalue weighted by molar-refractivity contribution is 5.80. The van der Waals surface area contributed by atoms with E-state index < -0.39 is 11.7 Å². The van der Waals surface area contributed by atoms with Crippen LogP contribution in [-0.4, -0.2) is 35.3 Å². The van der Waals surface area contributed by atoms with Gasteiger partial charge in [0.1, 0.15) is 0 Å². The molecule has 1 aliphatic carbocycles. The Kier molecular flexibility index (Phi) is 5.65. The Bertz CT molecular complexity index is 1280. The van der Waals surface area contributed by atoms with Crippen molar-refractivity contribution in [3.8, 4) is 5.69 Å². The van der Waals surface area contributed by atoms with Gasteiger partial charge in [-0.15, -0.1) is 0 Å². The van der Waals surface area contributed by atoms with Gasteiger partial charge in [0.25, 0.3) is 0 Å². The van der Waals surface area contributed by atoms with Gasteiger partial charge in [0.05, 0.1) is 35.3 Å². The minimum Gasteiger partial charge on any atom is -0.469 e. The fourth-order valence-electron chi connectivity index (χ4n) is 5.14. The number of methoxy groups -OCH3 is 1. The number of alkyl halides is 3. The maximum absolute atomic E-state index is 13.6. The van der Waals surface area contributed by atoms with Gasteiger partial charge in [0.2, 0.25) is 0 Å². The number of fused-ring (bicyclic) bond motifs is 1. The third-order valence-corrected chi connectivity index (χ3v) is 7.04. The minimum absolute atomic E-state index is 0.189. The number of ether oxygens (including phenoxy) is 1. The van der Waals surface area contributed by atoms with Crippen molar-refractivity contribution in [2.45, 2.75) is 38.4 Å². The van der Waals surface area contributed by atoms with E-state index in [2.05, 4.69) is 0 Å². The number of benzene rings is 2. The zero-order chi connectivity index (χ0) is 24.0. The van der Waals surface area contributed by atoms with E-state index in [0.717, 1.165) is 43.5 Å². The van der Waals surface area contributed by atoms with Crippen molar-refractivity contribution in [1.29, 1.82) is 0 Å². The highest BCUT2D eigenvalue weighted by Crippen LogP contribution is 2.34. The van der Waals surface area contributed by atoms with Crippen LogP contribution in [0.4, 0.5) is 18.9 Å². The lowest BCUT2D eigenvalue weighted by Crippen LogP contribution is -2.50. The van der Waals surface area contributed by atoms with Crippen LogP contribution >= 0.6 is 0 Å². The number of hydrogen-bond acceptors (Lipinski definition) is 4. The second-order valence-corrected chi connectivity index (χ2v) is 9.23. The molecule has 0 radical (unpaired) electrons. The number of halogens is 3. The first-order valence-electron chi connectivity index (χ1n) is 11.5. The summed E-state index contributed by atoms with van der Waals surface area (Å²) in [5.41, 5.74) is 1.07. The lowest BCUT2D eigenvalue weighted by Gasteiger charge is -2.39. The highest BCUT2D eigenvalue weighted by Gasteiger charge is 2.34. The van der Waals surface area contributed by atoms with E-state index in [9.17, 15) is 22.8 Å². The smallest absolute Gasteiger partial charge is 0.416 e. The second kappa shape index (κ2) is 8.52. The summed E-state index contributed by atoms with van der Waals surface area (Å²) in [6.45, 7) is 1.45. The standard InChI is InChI=1S/C25H26F3N3O3/c1-34-23(32)17-14-29(15-17)19-7-4-8-20(12-19)31-21-10-9-18(25(26,27)28)11-22(21)30(24(31)33)13-16-5-2-3-6-16/h4,7-12,16-17H,2-3,5-6,13-15H2,1H3. The summed E-state index contributed by atoms with van der Waals surface area (Å²) in [6, 6.07) is 10.8. The van der Waals surface area contributed by atoms with Crippen LogP contribution in [0.15, 0.2) is 47.3 Å². The van der Waals surface area contributed by atoms with E-state index in [4.69, 9.17) is 4.74 Å². The third kappa shape index (κ3) is 3.97. The first kappa shape index (κ1) is 22.6. The third-order valence-electron chi connectivity index (χ3n) is 7.04. The highest BCUT2D eigenvalue weighted by atomic mass is 19.4. The van der Waals surface area contributed by atoms with Gasteiger partial charge in [-0.25, -0.2) is 4.79 Å². The van der Waals surface area contributed by atoms with Gasteiger partial charge in [0, 0.05) is 25.3 Å². The van der Waals surface area contributed by atoms with E-state index in [-0.39, 0.29) is 23.5 Å². The molecule has 0 unspecified atom stereocenters. The lowest BCUT2D eigenvalue weighted by atomic mass is 9.99. The molecule has 0 bridgehead atoms. The molecule has 0 amide bonds. The van der Waals surface area contributed by atoms with Crippen molar-refractivity contribution in [2.24, 2.45) is 11.8 Å². The number of rotatable bonds is 5. The van der Waals surface area contributed by atoms with Gasteiger partial charge in [0.15, 0.2) is 0 Å². The lowest BCUT2D eigenvalue weighted by molar-refractivity contribution is -0.146. The van der Waals surface area contributed by atoms with Crippen molar-refractivity contribution in [3.05, 3.63) is 58.5 Å². The average molecular weight is 473 g/mol. The summed E-state index contributed by atoms with van der Waals surface area (Å²) in [5, 5.41) is 0. The zero-order valence-corrected chi connectivity index (χ0v) is 18.8. The van der Waals surface area contributed by atoms with Gasteiger partial charge >= 0.3 is 17.8 Å². The van der Waals surface area contributed by atoms with Crippen LogP contribution in [0, 0.1) is 11.8 Å². The van der Waals surface area contributed by atoms with Crippen molar-refractivity contribution in [1.82, 2.24) is 9.13 Å². The number of aromatic nitrogens is 2. The molecule has 34 heavy (non-hydrogen) atoms. The molecule has 5 rings (SSSR count). The summed E-state index contributed by atoms with van der Waals surface area (Å²) in [7, 11) is 1.36. The van der Waals surface area contributed by atoms with Gasteiger partial charge in [-0.2, -0.15) is 13.2 Å². The SMILES string of the molecule is COC(=O)C1CN(c2cccc(-n3c(=O)n(CC4CCCC4)c4cc(C(F)(F)F)ccc43)c2)C1. The maximum atomic E-state index is 13.6. The fourth-order valence-corrected chi connectivity index (χ4v) is 5.14. The van der Waals surface area contributed by atoms with Crippen molar-refractivity contribution < 1.29 is 22.7 Å². The van der Waals surface area contributed by atoms with Crippen LogP contribution in [0.3, 0.4) is 0 Å². The molecule has 2 heterocycles. The molecule has 9 heteroatoms. The van der Waals surface area contributed by atoms with Crippen LogP contribution in [0.25, 0.3) is 16.7 Å². The largest absolute Gasteiger partial charge is 0.469 e. The molecule has 2 fully saturated rings. The Morgan fingerprint density at radius 1 is 1.03 bits per heavy atom. The van der Waals surface area contributed by atoms with E-state index in [1.807, 2.05) is 23.1 Å². The predicted octanol–water partition coefficient (Wildman–Crippen LogP) is 4.61. The quantitative estimate of drug-likeness (QED) is 0.508. The molecule has 0 atom stereocenters. The zero-order valence-electron chi connectivity index (χ0n) is 18.8. The van der Waals surface area contributed by atoms with E-state index >= 15 is 0 Å². The summed E-state index contributed by atoms with van der Waals surface area (Å²) >= 11 is 0. The molecule has 1 aromatic heterocycles. The molecule has 1 saturated carbocycles. The van der Waals surface area contributed by atoms with Gasteiger partial charge < -0.3 is 9.64 Å². The van der Waals surface area contributed by atoms with Crippen molar-refractivity contribution >= 4 is 22.7 Å².